The van der Waals surface area contributed by atoms with Crippen LogP contribution < -0.4 is 0 Å². The second-order valence-corrected chi connectivity index (χ2v) is 5.46. The van der Waals surface area contributed by atoms with Crippen LogP contribution in [0.1, 0.15) is 18.9 Å². The Labute approximate surface area is 109 Å². The second-order valence-electron chi connectivity index (χ2n) is 3.92. The van der Waals surface area contributed by atoms with Crippen molar-refractivity contribution in [1.82, 2.24) is 0 Å². The molecule has 0 bridgehead atoms. The van der Waals surface area contributed by atoms with Crippen molar-refractivity contribution in [2.24, 2.45) is 0 Å². The lowest BCUT2D eigenvalue weighted by atomic mass is 10.1. The Morgan fingerprint density at radius 3 is 2.78 bits per heavy atom. The van der Waals surface area contributed by atoms with E-state index in [9.17, 15) is 14.9 Å². The lowest BCUT2D eigenvalue weighted by Crippen LogP contribution is -2.07. The predicted molar refractivity (Wildman–Crippen MR) is 71.0 cm³/mol. The number of carboxylic acids is 1. The van der Waals surface area contributed by atoms with Crippen LogP contribution in [0, 0.1) is 10.1 Å². The Balaban J connectivity index is 2.49. The second kappa shape index (κ2) is 7.00. The maximum absolute atomic E-state index is 10.8. The van der Waals surface area contributed by atoms with Crippen LogP contribution in [0.25, 0.3) is 0 Å². The predicted octanol–water partition coefficient (Wildman–Crippen LogP) is 2.73. The van der Waals surface area contributed by atoms with Gasteiger partial charge in [-0.25, -0.2) is 0 Å². The molecule has 0 amide bonds. The molecule has 0 spiro atoms. The van der Waals surface area contributed by atoms with Crippen molar-refractivity contribution in [3.8, 4) is 0 Å². The molecule has 0 aliphatic rings. The van der Waals surface area contributed by atoms with Crippen molar-refractivity contribution in [1.29, 1.82) is 0 Å². The van der Waals surface area contributed by atoms with Crippen molar-refractivity contribution in [3.05, 3.63) is 39.9 Å². The van der Waals surface area contributed by atoms with Crippen LogP contribution in [0.2, 0.25) is 0 Å². The molecule has 1 rings (SSSR count). The third-order valence-corrected chi connectivity index (χ3v) is 3.60. The molecule has 1 unspecified atom stereocenters. The number of thioether (sulfide) groups is 1. The van der Waals surface area contributed by atoms with Crippen LogP contribution in [0.15, 0.2) is 24.3 Å². The number of nitro benzene ring substituents is 1. The molecule has 18 heavy (non-hydrogen) atoms. The van der Waals surface area contributed by atoms with Gasteiger partial charge in [-0.05, 0) is 12.2 Å². The van der Waals surface area contributed by atoms with Crippen molar-refractivity contribution in [2.75, 3.05) is 5.75 Å². The Kier molecular flexibility index (Phi) is 5.64. The summed E-state index contributed by atoms with van der Waals surface area (Å²) in [5.41, 5.74) is 0.821. The number of rotatable bonds is 7. The lowest BCUT2D eigenvalue weighted by molar-refractivity contribution is -0.385. The van der Waals surface area contributed by atoms with E-state index in [2.05, 4.69) is 0 Å². The standard InChI is InChI=1S/C12H15NO4S/c1-9(8-12(14)15)18-7-6-10-4-2-3-5-11(10)13(16)17/h2-5,9H,6-8H2,1H3,(H,14,15). The smallest absolute Gasteiger partial charge is 0.304 e. The van der Waals surface area contributed by atoms with Crippen molar-refractivity contribution in [2.45, 2.75) is 25.0 Å². The van der Waals surface area contributed by atoms with Gasteiger partial charge in [-0.2, -0.15) is 11.8 Å². The third-order valence-electron chi connectivity index (χ3n) is 2.42. The first-order valence-corrected chi connectivity index (χ1v) is 6.61. The Bertz CT molecular complexity index is 436. The zero-order valence-corrected chi connectivity index (χ0v) is 10.9. The monoisotopic (exact) mass is 269 g/mol. The molecule has 0 saturated carbocycles. The Morgan fingerprint density at radius 1 is 1.50 bits per heavy atom. The van der Waals surface area contributed by atoms with Gasteiger partial charge >= 0.3 is 5.97 Å². The highest BCUT2D eigenvalue weighted by atomic mass is 32.2. The molecule has 6 heteroatoms. The highest BCUT2D eigenvalue weighted by Gasteiger charge is 2.13. The van der Waals surface area contributed by atoms with Gasteiger partial charge in [-0.3, -0.25) is 14.9 Å². The Morgan fingerprint density at radius 2 is 2.17 bits per heavy atom. The summed E-state index contributed by atoms with van der Waals surface area (Å²) in [4.78, 5) is 20.9. The number of nitrogens with zero attached hydrogens (tertiary/aromatic N) is 1. The summed E-state index contributed by atoms with van der Waals surface area (Å²) in [5.74, 6) is -0.139. The fourth-order valence-electron chi connectivity index (χ4n) is 1.58. The minimum Gasteiger partial charge on any atom is -0.481 e. The number of hydrogen-bond donors (Lipinski definition) is 1. The lowest BCUT2D eigenvalue weighted by Gasteiger charge is -2.08. The SMILES string of the molecule is CC(CC(=O)O)SCCc1ccccc1[N+](=O)[O-]. The van der Waals surface area contributed by atoms with E-state index >= 15 is 0 Å². The van der Waals surface area contributed by atoms with Gasteiger partial charge in [-0.1, -0.05) is 25.1 Å². The molecule has 0 aromatic heterocycles. The first kappa shape index (κ1) is 14.5. The molecule has 0 heterocycles. The normalized spacial score (nSPS) is 12.1. The van der Waals surface area contributed by atoms with Crippen molar-refractivity contribution in [3.63, 3.8) is 0 Å². The number of nitro groups is 1. The molecule has 0 aliphatic heterocycles. The summed E-state index contributed by atoms with van der Waals surface area (Å²) in [5, 5.41) is 19.4. The minimum atomic E-state index is -0.819. The average Bonchev–Trinajstić information content (AvgIpc) is 2.28. The molecule has 5 nitrogen and oxygen atoms in total. The van der Waals surface area contributed by atoms with Crippen LogP contribution in [0.3, 0.4) is 0 Å². The molecular weight excluding hydrogens is 254 g/mol. The van der Waals surface area contributed by atoms with E-state index in [-0.39, 0.29) is 22.3 Å². The van der Waals surface area contributed by atoms with Crippen LogP contribution in [-0.4, -0.2) is 27.0 Å². The molecule has 1 atom stereocenters. The fraction of sp³-hybridized carbons (Fsp3) is 0.417. The van der Waals surface area contributed by atoms with Gasteiger partial charge in [0.15, 0.2) is 0 Å². The summed E-state index contributed by atoms with van der Waals surface area (Å²) >= 11 is 1.52. The molecule has 0 fully saturated rings. The first-order chi connectivity index (χ1) is 8.50. The van der Waals surface area contributed by atoms with Gasteiger partial charge in [0.05, 0.1) is 11.3 Å². The molecule has 0 saturated heterocycles. The summed E-state index contributed by atoms with van der Waals surface area (Å²) in [6, 6.07) is 6.64. The van der Waals surface area contributed by atoms with Gasteiger partial charge in [0.1, 0.15) is 0 Å². The largest absolute Gasteiger partial charge is 0.481 e. The molecule has 0 aliphatic carbocycles. The van der Waals surface area contributed by atoms with Gasteiger partial charge in [0.25, 0.3) is 5.69 Å². The molecule has 98 valence electrons. The zero-order valence-electron chi connectivity index (χ0n) is 10.0. The maximum Gasteiger partial charge on any atom is 0.304 e. The van der Waals surface area contributed by atoms with E-state index in [1.54, 1.807) is 18.2 Å². The van der Waals surface area contributed by atoms with E-state index in [1.807, 2.05) is 6.92 Å². The van der Waals surface area contributed by atoms with E-state index in [1.165, 1.54) is 17.8 Å². The van der Waals surface area contributed by atoms with Crippen molar-refractivity contribution >= 4 is 23.4 Å². The van der Waals surface area contributed by atoms with Gasteiger partial charge in [-0.15, -0.1) is 0 Å². The number of carboxylic acid groups (broad SMARTS) is 1. The maximum atomic E-state index is 10.8. The summed E-state index contributed by atoms with van der Waals surface area (Å²) in [7, 11) is 0. The minimum absolute atomic E-state index is 0.0188. The van der Waals surface area contributed by atoms with Crippen LogP contribution >= 0.6 is 11.8 Å². The van der Waals surface area contributed by atoms with Gasteiger partial charge < -0.3 is 5.11 Å². The van der Waals surface area contributed by atoms with E-state index in [0.717, 1.165) is 0 Å². The molecular formula is C12H15NO4S. The Hall–Kier alpha value is -1.56. The highest BCUT2D eigenvalue weighted by molar-refractivity contribution is 7.99. The van der Waals surface area contributed by atoms with E-state index in [0.29, 0.717) is 17.7 Å². The van der Waals surface area contributed by atoms with Crippen LogP contribution in [-0.2, 0) is 11.2 Å². The van der Waals surface area contributed by atoms with E-state index in [4.69, 9.17) is 5.11 Å². The summed E-state index contributed by atoms with van der Waals surface area (Å²) in [6.07, 6.45) is 0.688. The molecule has 0 radical (unpaired) electrons. The van der Waals surface area contributed by atoms with Crippen LogP contribution in [0.5, 0.6) is 0 Å². The number of para-hydroxylation sites is 1. The fourth-order valence-corrected chi connectivity index (χ4v) is 2.58. The van der Waals surface area contributed by atoms with Crippen LogP contribution in [0.4, 0.5) is 5.69 Å². The average molecular weight is 269 g/mol. The quantitative estimate of drug-likeness (QED) is 0.608. The van der Waals surface area contributed by atoms with E-state index < -0.39 is 5.97 Å². The molecule has 1 N–H and O–H groups in total. The topological polar surface area (TPSA) is 80.4 Å². The number of carbonyl (C=O) groups is 1. The number of aliphatic carboxylic acids is 1. The molecule has 1 aromatic rings. The third kappa shape index (κ3) is 4.75. The highest BCUT2D eigenvalue weighted by Crippen LogP contribution is 2.21. The molecule has 1 aromatic carbocycles. The summed E-state index contributed by atoms with van der Waals surface area (Å²) in [6.45, 7) is 1.85. The first-order valence-electron chi connectivity index (χ1n) is 5.56. The van der Waals surface area contributed by atoms with Gasteiger partial charge in [0, 0.05) is 16.9 Å². The number of hydrogen-bond acceptors (Lipinski definition) is 4. The van der Waals surface area contributed by atoms with Crippen molar-refractivity contribution < 1.29 is 14.8 Å². The number of benzene rings is 1. The summed E-state index contributed by atoms with van der Waals surface area (Å²) < 4.78 is 0. The zero-order chi connectivity index (χ0) is 13.5. The van der Waals surface area contributed by atoms with Gasteiger partial charge in [0.2, 0.25) is 0 Å². The number of aryl methyl sites for hydroxylation is 1.